The molecule has 1 saturated heterocycles. The van der Waals surface area contributed by atoms with Crippen LogP contribution in [-0.4, -0.2) is 66.0 Å². The lowest BCUT2D eigenvalue weighted by molar-refractivity contribution is -0.0478. The third kappa shape index (κ3) is 3.93. The van der Waals surface area contributed by atoms with E-state index in [1.807, 2.05) is 0 Å². The number of hydrogen-bond acceptors (Lipinski definition) is 4. The Bertz CT molecular complexity index is 353. The largest absolute Gasteiger partial charge is 0.394 e. The molecule has 4 atom stereocenters. The number of rotatable bonds is 6. The number of aliphatic hydroxyl groups is 1. The molecule has 19 heavy (non-hydrogen) atoms. The van der Waals surface area contributed by atoms with Gasteiger partial charge in [-0.25, -0.2) is 4.39 Å². The van der Waals surface area contributed by atoms with Crippen LogP contribution in [0.3, 0.4) is 0 Å². The van der Waals surface area contributed by atoms with Gasteiger partial charge in [-0.15, -0.1) is 0 Å². The average molecular weight is 304 g/mol. The second-order valence-corrected chi connectivity index (χ2v) is 5.81. The lowest BCUT2D eigenvalue weighted by Crippen LogP contribution is -2.37. The van der Waals surface area contributed by atoms with Gasteiger partial charge in [0.05, 0.1) is 19.1 Å². The van der Waals surface area contributed by atoms with E-state index in [0.29, 0.717) is 0 Å². The predicted molar refractivity (Wildman–Crippen MR) is 57.7 cm³/mol. The zero-order chi connectivity index (χ0) is 14.8. The van der Waals surface area contributed by atoms with Gasteiger partial charge in [0.2, 0.25) is 0 Å². The molecule has 0 unspecified atom stereocenters. The average Bonchev–Trinajstić information content (AvgIpc) is 2.50. The lowest BCUT2D eigenvalue weighted by atomic mass is 9.92. The molecule has 1 aliphatic rings. The van der Waals surface area contributed by atoms with Crippen molar-refractivity contribution < 1.29 is 42.1 Å². The van der Waals surface area contributed by atoms with Gasteiger partial charge in [0.1, 0.15) is 26.7 Å². The first kappa shape index (κ1) is 16.9. The summed E-state index contributed by atoms with van der Waals surface area (Å²) in [4.78, 5) is 17.0. The minimum Gasteiger partial charge on any atom is -0.388 e. The smallest absolute Gasteiger partial charge is 0.388 e. The van der Waals surface area contributed by atoms with E-state index in [1.54, 1.807) is 0 Å². The fourth-order valence-corrected chi connectivity index (χ4v) is 2.09. The Kier molecular flexibility index (Phi) is 5.45. The van der Waals surface area contributed by atoms with E-state index in [2.05, 4.69) is 0 Å². The quantitative estimate of drug-likeness (QED) is 0.463. The van der Waals surface area contributed by atoms with Gasteiger partial charge in [0, 0.05) is 6.00 Å². The third-order valence-electron chi connectivity index (χ3n) is 2.63. The molecule has 0 aromatic heterocycles. The lowest BCUT2D eigenvalue weighted by Gasteiger charge is -2.23. The van der Waals surface area contributed by atoms with Crippen LogP contribution in [0.25, 0.3) is 0 Å². The molecule has 0 aliphatic carbocycles. The molecule has 0 bridgehead atoms. The summed E-state index contributed by atoms with van der Waals surface area (Å²) in [6.45, 7) is -1.26. The van der Waals surface area contributed by atoms with Gasteiger partial charge in [-0.05, 0) is 0 Å². The highest BCUT2D eigenvalue weighted by Crippen LogP contribution is 2.56. The highest BCUT2D eigenvalue weighted by molar-refractivity contribution is 7.53. The Morgan fingerprint density at radius 1 is 1.42 bits per heavy atom. The summed E-state index contributed by atoms with van der Waals surface area (Å²) in [6.07, 6.45) is -5.88. The van der Waals surface area contributed by atoms with Gasteiger partial charge in [-0.3, -0.25) is 4.57 Å². The van der Waals surface area contributed by atoms with Gasteiger partial charge in [-0.1, -0.05) is 0 Å². The molecular weight excluding hydrogens is 291 g/mol. The predicted octanol–water partition coefficient (Wildman–Crippen LogP) is -0.244. The fraction of sp³-hybridized carbons (Fsp3) is 1.00. The molecule has 2 radical (unpaired) electrons. The van der Waals surface area contributed by atoms with Crippen LogP contribution in [0, 0.1) is 0 Å². The maximum absolute atomic E-state index is 13.2. The number of hydrogen-bond donors (Lipinski definition) is 3. The minimum atomic E-state index is -5.67. The minimum absolute atomic E-state index is 0.402. The Morgan fingerprint density at radius 2 is 2.00 bits per heavy atom. The number of alkyl halides is 3. The SMILES string of the molecule is [B][C@@H]1O[C@H](CC(F)(F)P(=O)(O)O)[C@@H](O)[C@H]1OCCF. The van der Waals surface area contributed by atoms with Crippen molar-refractivity contribution in [2.75, 3.05) is 13.3 Å². The van der Waals surface area contributed by atoms with E-state index in [9.17, 15) is 22.8 Å². The molecule has 3 N–H and O–H groups in total. The molecule has 0 aromatic carbocycles. The van der Waals surface area contributed by atoms with Crippen LogP contribution < -0.4 is 0 Å². The van der Waals surface area contributed by atoms with Crippen molar-refractivity contribution in [2.24, 2.45) is 0 Å². The fourth-order valence-electron chi connectivity index (χ4n) is 1.67. The first-order valence-corrected chi connectivity index (χ1v) is 6.91. The topological polar surface area (TPSA) is 96.2 Å². The molecule has 1 aliphatic heterocycles. The van der Waals surface area contributed by atoms with E-state index < -0.39 is 57.3 Å². The summed E-state index contributed by atoms with van der Waals surface area (Å²) in [5.41, 5.74) is -4.35. The zero-order valence-corrected chi connectivity index (χ0v) is 10.5. The van der Waals surface area contributed by atoms with E-state index in [0.717, 1.165) is 0 Å². The molecule has 11 heteroatoms. The number of aliphatic hydroxyl groups excluding tert-OH is 1. The standard InChI is InChI=1S/C8H13BF3O6P/c9-7-6(17-2-1-10)5(13)4(18-7)3-8(11,12)19(14,15)16/h4-7,13H,1-3H2,(H2,14,15,16)/t4-,5-,6-,7-/m1/s1. The second kappa shape index (κ2) is 6.11. The van der Waals surface area contributed by atoms with Gasteiger partial charge in [-0.2, -0.15) is 8.78 Å². The van der Waals surface area contributed by atoms with E-state index in [1.165, 1.54) is 0 Å². The molecule has 1 heterocycles. The Hall–Kier alpha value is -0.115. The Balaban J connectivity index is 2.69. The summed E-state index contributed by atoms with van der Waals surface area (Å²) in [6, 6.07) is -1.28. The highest BCUT2D eigenvalue weighted by Gasteiger charge is 2.54. The first-order chi connectivity index (χ1) is 8.60. The normalized spacial score (nSPS) is 32.7. The number of ether oxygens (including phenoxy) is 2. The summed E-state index contributed by atoms with van der Waals surface area (Å²) >= 11 is 0. The van der Waals surface area contributed by atoms with Crippen molar-refractivity contribution in [3.63, 3.8) is 0 Å². The van der Waals surface area contributed by atoms with Gasteiger partial charge < -0.3 is 24.4 Å². The second-order valence-electron chi connectivity index (χ2n) is 4.07. The number of halogens is 3. The van der Waals surface area contributed by atoms with Gasteiger partial charge in [0.25, 0.3) is 0 Å². The summed E-state index contributed by atoms with van der Waals surface area (Å²) in [7, 11) is -0.314. The molecule has 0 aromatic rings. The highest BCUT2D eigenvalue weighted by atomic mass is 31.2. The van der Waals surface area contributed by atoms with Crippen molar-refractivity contribution in [1.82, 2.24) is 0 Å². The molecular formula is C8H13BF3O6P. The van der Waals surface area contributed by atoms with Crippen LogP contribution in [0.5, 0.6) is 0 Å². The van der Waals surface area contributed by atoms with Crippen LogP contribution in [-0.2, 0) is 14.0 Å². The van der Waals surface area contributed by atoms with Crippen LogP contribution in [0.1, 0.15) is 6.42 Å². The molecule has 6 nitrogen and oxygen atoms in total. The van der Waals surface area contributed by atoms with E-state index in [-0.39, 0.29) is 0 Å². The van der Waals surface area contributed by atoms with Crippen molar-refractivity contribution in [1.29, 1.82) is 0 Å². The molecule has 110 valence electrons. The van der Waals surface area contributed by atoms with Crippen molar-refractivity contribution >= 4 is 15.4 Å². The van der Waals surface area contributed by atoms with Crippen molar-refractivity contribution in [2.45, 2.75) is 36.4 Å². The van der Waals surface area contributed by atoms with Crippen molar-refractivity contribution in [3.05, 3.63) is 0 Å². The van der Waals surface area contributed by atoms with Crippen LogP contribution in [0.4, 0.5) is 13.2 Å². The molecule has 1 rings (SSSR count). The Labute approximate surface area is 108 Å². The first-order valence-electron chi connectivity index (χ1n) is 5.30. The van der Waals surface area contributed by atoms with Gasteiger partial charge in [0.15, 0.2) is 0 Å². The summed E-state index contributed by atoms with van der Waals surface area (Å²) in [5.74, 6) is 0. The Morgan fingerprint density at radius 3 is 2.47 bits per heavy atom. The van der Waals surface area contributed by atoms with Crippen molar-refractivity contribution in [3.8, 4) is 0 Å². The van der Waals surface area contributed by atoms with E-state index >= 15 is 0 Å². The molecule has 0 spiro atoms. The molecule has 1 fully saturated rings. The molecule has 0 saturated carbocycles. The third-order valence-corrected chi connectivity index (χ3v) is 3.67. The zero-order valence-electron chi connectivity index (χ0n) is 9.66. The monoisotopic (exact) mass is 304 g/mol. The summed E-state index contributed by atoms with van der Waals surface area (Å²) < 4.78 is 58.4. The van der Waals surface area contributed by atoms with E-state index in [4.69, 9.17) is 27.1 Å². The molecule has 0 amide bonds. The van der Waals surface area contributed by atoms with Crippen LogP contribution in [0.2, 0.25) is 0 Å². The summed E-state index contributed by atoms with van der Waals surface area (Å²) in [5, 5.41) is 9.64. The maximum atomic E-state index is 13.2. The maximum Gasteiger partial charge on any atom is 0.394 e. The van der Waals surface area contributed by atoms with Crippen LogP contribution >= 0.6 is 7.60 Å². The van der Waals surface area contributed by atoms with Gasteiger partial charge >= 0.3 is 13.3 Å². The van der Waals surface area contributed by atoms with Crippen LogP contribution in [0.15, 0.2) is 0 Å².